The molecule has 0 aliphatic carbocycles. The van der Waals surface area contributed by atoms with Crippen molar-refractivity contribution in [2.45, 2.75) is 19.8 Å². The lowest BCUT2D eigenvalue weighted by atomic mass is 9.81. The molecule has 0 unspecified atom stereocenters. The van der Waals surface area contributed by atoms with Crippen LogP contribution in [0, 0.1) is 5.41 Å². The summed E-state index contributed by atoms with van der Waals surface area (Å²) in [5.41, 5.74) is 1.85. The van der Waals surface area contributed by atoms with Crippen LogP contribution in [0.5, 0.6) is 0 Å². The highest BCUT2D eigenvalue weighted by molar-refractivity contribution is 5.94. The second-order valence-electron chi connectivity index (χ2n) is 6.45. The van der Waals surface area contributed by atoms with E-state index in [9.17, 15) is 4.79 Å². The highest BCUT2D eigenvalue weighted by Crippen LogP contribution is 2.31. The van der Waals surface area contributed by atoms with Crippen molar-refractivity contribution in [1.29, 1.82) is 0 Å². The van der Waals surface area contributed by atoms with E-state index in [1.807, 2.05) is 33.7 Å². The van der Waals surface area contributed by atoms with Gasteiger partial charge in [-0.2, -0.15) is 0 Å². The molecule has 0 spiro atoms. The van der Waals surface area contributed by atoms with Crippen LogP contribution in [0.2, 0.25) is 0 Å². The summed E-state index contributed by atoms with van der Waals surface area (Å²) in [6.45, 7) is 4.55. The van der Waals surface area contributed by atoms with E-state index in [0.29, 0.717) is 0 Å². The van der Waals surface area contributed by atoms with Gasteiger partial charge in [0, 0.05) is 31.5 Å². The standard InChI is InChI=1S/C17H22N4O2/c1-17(11-23-2)7-9-20(10-8-17)16(22)14-3-5-15(6-4-14)21-12-18-19-13-21/h3-6,12-13H,7-11H2,1-2H3. The van der Waals surface area contributed by atoms with Gasteiger partial charge in [0.25, 0.3) is 5.91 Å². The molecule has 1 fully saturated rings. The van der Waals surface area contributed by atoms with Crippen molar-refractivity contribution in [3.05, 3.63) is 42.5 Å². The van der Waals surface area contributed by atoms with Gasteiger partial charge in [0.15, 0.2) is 0 Å². The number of ether oxygens (including phenoxy) is 1. The molecule has 1 aliphatic rings. The first-order valence-corrected chi connectivity index (χ1v) is 7.85. The molecule has 6 heteroatoms. The average Bonchev–Trinajstić information content (AvgIpc) is 3.10. The van der Waals surface area contributed by atoms with E-state index < -0.39 is 0 Å². The Morgan fingerprint density at radius 1 is 1.17 bits per heavy atom. The summed E-state index contributed by atoms with van der Waals surface area (Å²) in [4.78, 5) is 14.6. The lowest BCUT2D eigenvalue weighted by Crippen LogP contribution is -2.43. The van der Waals surface area contributed by atoms with Gasteiger partial charge in [-0.3, -0.25) is 9.36 Å². The molecule has 0 N–H and O–H groups in total. The summed E-state index contributed by atoms with van der Waals surface area (Å²) in [6, 6.07) is 7.55. The first-order chi connectivity index (χ1) is 11.1. The number of piperidine rings is 1. The molecule has 0 radical (unpaired) electrons. The number of aromatic nitrogens is 3. The van der Waals surface area contributed by atoms with Gasteiger partial charge >= 0.3 is 0 Å². The summed E-state index contributed by atoms with van der Waals surface area (Å²) in [5, 5.41) is 7.57. The number of carbonyl (C=O) groups excluding carboxylic acids is 1. The second kappa shape index (κ2) is 6.50. The van der Waals surface area contributed by atoms with E-state index in [-0.39, 0.29) is 11.3 Å². The quantitative estimate of drug-likeness (QED) is 0.867. The maximum atomic E-state index is 12.6. The van der Waals surface area contributed by atoms with Gasteiger partial charge in [0.1, 0.15) is 12.7 Å². The first-order valence-electron chi connectivity index (χ1n) is 7.85. The van der Waals surface area contributed by atoms with Gasteiger partial charge in [-0.1, -0.05) is 6.92 Å². The Hall–Kier alpha value is -2.21. The number of hydrogen-bond donors (Lipinski definition) is 0. The molecule has 0 bridgehead atoms. The number of rotatable bonds is 4. The first kappa shape index (κ1) is 15.7. The largest absolute Gasteiger partial charge is 0.384 e. The van der Waals surface area contributed by atoms with E-state index in [4.69, 9.17) is 4.74 Å². The van der Waals surface area contributed by atoms with Crippen LogP contribution in [0.3, 0.4) is 0 Å². The minimum absolute atomic E-state index is 0.0970. The van der Waals surface area contributed by atoms with Crippen LogP contribution in [-0.4, -0.2) is 52.4 Å². The fraction of sp³-hybridized carbons (Fsp3) is 0.471. The van der Waals surface area contributed by atoms with Gasteiger partial charge in [0.05, 0.1) is 6.61 Å². The minimum Gasteiger partial charge on any atom is -0.384 e. The summed E-state index contributed by atoms with van der Waals surface area (Å²) < 4.78 is 7.11. The molecule has 0 saturated carbocycles. The topological polar surface area (TPSA) is 60.2 Å². The molecule has 1 amide bonds. The number of amides is 1. The van der Waals surface area contributed by atoms with E-state index in [1.165, 1.54) is 0 Å². The van der Waals surface area contributed by atoms with Crippen LogP contribution >= 0.6 is 0 Å². The van der Waals surface area contributed by atoms with E-state index >= 15 is 0 Å². The molecule has 122 valence electrons. The van der Waals surface area contributed by atoms with Crippen molar-refractivity contribution >= 4 is 5.91 Å². The van der Waals surface area contributed by atoms with Crippen LogP contribution in [0.15, 0.2) is 36.9 Å². The Balaban J connectivity index is 1.65. The molecule has 1 aromatic carbocycles. The molecule has 3 rings (SSSR count). The smallest absolute Gasteiger partial charge is 0.253 e. The fourth-order valence-corrected chi connectivity index (χ4v) is 3.04. The molecule has 23 heavy (non-hydrogen) atoms. The van der Waals surface area contributed by atoms with Gasteiger partial charge in [-0.05, 0) is 42.5 Å². The zero-order valence-corrected chi connectivity index (χ0v) is 13.6. The molecule has 1 aliphatic heterocycles. The van der Waals surface area contributed by atoms with Crippen molar-refractivity contribution in [2.75, 3.05) is 26.8 Å². The monoisotopic (exact) mass is 314 g/mol. The summed E-state index contributed by atoms with van der Waals surface area (Å²) in [6.07, 6.45) is 5.23. The summed E-state index contributed by atoms with van der Waals surface area (Å²) >= 11 is 0. The Kier molecular flexibility index (Phi) is 4.43. The van der Waals surface area contributed by atoms with Crippen molar-refractivity contribution in [1.82, 2.24) is 19.7 Å². The van der Waals surface area contributed by atoms with E-state index in [2.05, 4.69) is 17.1 Å². The number of carbonyl (C=O) groups is 1. The second-order valence-corrected chi connectivity index (χ2v) is 6.45. The average molecular weight is 314 g/mol. The molecule has 1 saturated heterocycles. The van der Waals surface area contributed by atoms with Crippen LogP contribution in [-0.2, 0) is 4.74 Å². The molecular weight excluding hydrogens is 292 g/mol. The predicted molar refractivity (Wildman–Crippen MR) is 86.5 cm³/mol. The fourth-order valence-electron chi connectivity index (χ4n) is 3.04. The minimum atomic E-state index is 0.0970. The Bertz CT molecular complexity index is 644. The number of methoxy groups -OCH3 is 1. The third kappa shape index (κ3) is 3.42. The van der Waals surface area contributed by atoms with Gasteiger partial charge < -0.3 is 9.64 Å². The Morgan fingerprint density at radius 2 is 1.78 bits per heavy atom. The van der Waals surface area contributed by atoms with Crippen molar-refractivity contribution in [3.63, 3.8) is 0 Å². The maximum absolute atomic E-state index is 12.6. The zero-order valence-electron chi connectivity index (χ0n) is 13.6. The molecular formula is C17H22N4O2. The van der Waals surface area contributed by atoms with Gasteiger partial charge in [0.2, 0.25) is 0 Å². The van der Waals surface area contributed by atoms with Crippen molar-refractivity contribution in [3.8, 4) is 5.69 Å². The summed E-state index contributed by atoms with van der Waals surface area (Å²) in [5.74, 6) is 0.0970. The van der Waals surface area contributed by atoms with Crippen molar-refractivity contribution in [2.24, 2.45) is 5.41 Å². The third-order valence-electron chi connectivity index (χ3n) is 4.58. The number of benzene rings is 1. The molecule has 2 aromatic rings. The Labute approximate surface area is 136 Å². The third-order valence-corrected chi connectivity index (χ3v) is 4.58. The van der Waals surface area contributed by atoms with Gasteiger partial charge in [-0.15, -0.1) is 10.2 Å². The lowest BCUT2D eigenvalue weighted by Gasteiger charge is -2.39. The van der Waals surface area contributed by atoms with E-state index in [1.54, 1.807) is 19.8 Å². The Morgan fingerprint density at radius 3 is 2.35 bits per heavy atom. The number of hydrogen-bond acceptors (Lipinski definition) is 4. The van der Waals surface area contributed by atoms with E-state index in [0.717, 1.165) is 43.8 Å². The van der Waals surface area contributed by atoms with Crippen molar-refractivity contribution < 1.29 is 9.53 Å². The SMILES string of the molecule is COCC1(C)CCN(C(=O)c2ccc(-n3cnnc3)cc2)CC1. The maximum Gasteiger partial charge on any atom is 0.253 e. The summed E-state index contributed by atoms with van der Waals surface area (Å²) in [7, 11) is 1.74. The molecule has 0 atom stereocenters. The van der Waals surface area contributed by atoms with Crippen LogP contribution in [0.25, 0.3) is 5.69 Å². The van der Waals surface area contributed by atoms with Crippen LogP contribution < -0.4 is 0 Å². The normalized spacial score (nSPS) is 17.2. The van der Waals surface area contributed by atoms with Crippen LogP contribution in [0.4, 0.5) is 0 Å². The lowest BCUT2D eigenvalue weighted by molar-refractivity contribution is 0.0301. The molecule has 1 aromatic heterocycles. The van der Waals surface area contributed by atoms with Gasteiger partial charge in [-0.25, -0.2) is 0 Å². The number of likely N-dealkylation sites (tertiary alicyclic amines) is 1. The molecule has 6 nitrogen and oxygen atoms in total. The highest BCUT2D eigenvalue weighted by Gasteiger charge is 2.32. The molecule has 2 heterocycles. The zero-order chi connectivity index (χ0) is 16.3. The predicted octanol–water partition coefficient (Wildman–Crippen LogP) is 2.16. The van der Waals surface area contributed by atoms with Crippen LogP contribution in [0.1, 0.15) is 30.1 Å². The number of nitrogens with zero attached hydrogens (tertiary/aromatic N) is 4. The highest BCUT2D eigenvalue weighted by atomic mass is 16.5.